The summed E-state index contributed by atoms with van der Waals surface area (Å²) in [4.78, 5) is 17.9. The third kappa shape index (κ3) is 3.88. The molecule has 1 aliphatic carbocycles. The van der Waals surface area contributed by atoms with Crippen LogP contribution in [0.15, 0.2) is 24.3 Å². The lowest BCUT2D eigenvalue weighted by Crippen LogP contribution is -2.65. The largest absolute Gasteiger partial charge is 0.354 e. The summed E-state index contributed by atoms with van der Waals surface area (Å²) in [5.74, 6) is 1.88. The van der Waals surface area contributed by atoms with Gasteiger partial charge in [-0.1, -0.05) is 31.0 Å². The van der Waals surface area contributed by atoms with E-state index < -0.39 is 0 Å². The van der Waals surface area contributed by atoms with Gasteiger partial charge in [0.05, 0.1) is 11.6 Å². The number of piperidine rings is 3. The van der Waals surface area contributed by atoms with Crippen molar-refractivity contribution in [2.75, 3.05) is 26.2 Å². The van der Waals surface area contributed by atoms with Crippen molar-refractivity contribution in [3.8, 4) is 6.07 Å². The first-order chi connectivity index (χ1) is 14.7. The summed E-state index contributed by atoms with van der Waals surface area (Å²) >= 11 is 0. The van der Waals surface area contributed by atoms with Crippen LogP contribution in [0.25, 0.3) is 0 Å². The maximum absolute atomic E-state index is 12.5. The van der Waals surface area contributed by atoms with Crippen LogP contribution in [-0.4, -0.2) is 54.0 Å². The number of fused-ring (bicyclic) bond motifs is 4. The molecular formula is C25H34N4O. The van der Waals surface area contributed by atoms with Gasteiger partial charge < -0.3 is 5.32 Å². The lowest BCUT2D eigenvalue weighted by atomic mass is 9.72. The molecule has 3 aliphatic heterocycles. The van der Waals surface area contributed by atoms with Crippen molar-refractivity contribution in [3.63, 3.8) is 0 Å². The van der Waals surface area contributed by atoms with Crippen molar-refractivity contribution in [2.45, 2.75) is 63.6 Å². The summed E-state index contributed by atoms with van der Waals surface area (Å²) in [6, 6.07) is 11.5. The van der Waals surface area contributed by atoms with Crippen molar-refractivity contribution in [2.24, 2.45) is 17.8 Å². The predicted octanol–water partition coefficient (Wildman–Crippen LogP) is 3.15. The van der Waals surface area contributed by atoms with Crippen LogP contribution in [0.4, 0.5) is 0 Å². The highest BCUT2D eigenvalue weighted by Crippen LogP contribution is 2.41. The third-order valence-corrected chi connectivity index (χ3v) is 8.19. The van der Waals surface area contributed by atoms with Gasteiger partial charge in [0, 0.05) is 44.2 Å². The van der Waals surface area contributed by atoms with Crippen LogP contribution in [0.5, 0.6) is 0 Å². The van der Waals surface area contributed by atoms with Crippen LogP contribution in [0.2, 0.25) is 0 Å². The first-order valence-electron chi connectivity index (χ1n) is 12.0. The molecule has 1 aromatic rings. The zero-order chi connectivity index (χ0) is 20.5. The highest BCUT2D eigenvalue weighted by Gasteiger charge is 2.47. The number of nitriles is 1. The van der Waals surface area contributed by atoms with E-state index in [1.54, 1.807) is 0 Å². The second-order valence-electron chi connectivity index (χ2n) is 9.96. The Kier molecular flexibility index (Phi) is 5.80. The average Bonchev–Trinajstić information content (AvgIpc) is 2.73. The van der Waals surface area contributed by atoms with Gasteiger partial charge in [-0.2, -0.15) is 5.26 Å². The van der Waals surface area contributed by atoms with Gasteiger partial charge in [-0.25, -0.2) is 0 Å². The molecule has 2 bridgehead atoms. The number of hydrogen-bond donors (Lipinski definition) is 1. The lowest BCUT2D eigenvalue weighted by Gasteiger charge is -2.57. The van der Waals surface area contributed by atoms with Crippen LogP contribution < -0.4 is 5.32 Å². The van der Waals surface area contributed by atoms with E-state index in [1.165, 1.54) is 38.6 Å². The first kappa shape index (κ1) is 20.0. The SMILES string of the molecule is N#Cc1ccccc1CN1C[C@H]2C[C@@H](C1)[C@H](CNC(=O)C1CCC1)N1CCCC[C@@H]21. The number of nitrogens with zero attached hydrogens (tertiary/aromatic N) is 3. The molecule has 3 saturated heterocycles. The molecule has 1 N–H and O–H groups in total. The maximum atomic E-state index is 12.5. The Balaban J connectivity index is 1.30. The quantitative estimate of drug-likeness (QED) is 0.816. The molecule has 0 aromatic heterocycles. The number of hydrogen-bond acceptors (Lipinski definition) is 4. The smallest absolute Gasteiger partial charge is 0.223 e. The minimum absolute atomic E-state index is 0.267. The number of benzene rings is 1. The van der Waals surface area contributed by atoms with Gasteiger partial charge in [0.2, 0.25) is 5.91 Å². The van der Waals surface area contributed by atoms with Gasteiger partial charge in [-0.3, -0.25) is 14.6 Å². The van der Waals surface area contributed by atoms with Gasteiger partial charge in [0.15, 0.2) is 0 Å². The summed E-state index contributed by atoms with van der Waals surface area (Å²) in [6.45, 7) is 5.08. The topological polar surface area (TPSA) is 59.4 Å². The fourth-order valence-corrected chi connectivity index (χ4v) is 6.44. The number of nitrogens with one attached hydrogen (secondary N) is 1. The maximum Gasteiger partial charge on any atom is 0.223 e. The summed E-state index contributed by atoms with van der Waals surface area (Å²) in [6.07, 6.45) is 8.57. The molecule has 0 spiro atoms. The molecule has 5 heteroatoms. The molecule has 1 amide bonds. The first-order valence-corrected chi connectivity index (χ1v) is 12.0. The van der Waals surface area contributed by atoms with Crippen molar-refractivity contribution in [3.05, 3.63) is 35.4 Å². The molecule has 4 atom stereocenters. The number of carbonyl (C=O) groups is 1. The van der Waals surface area contributed by atoms with Gasteiger partial charge in [0.25, 0.3) is 0 Å². The van der Waals surface area contributed by atoms with Crippen molar-refractivity contribution >= 4 is 5.91 Å². The Hall–Kier alpha value is -1.90. The van der Waals surface area contributed by atoms with E-state index in [0.29, 0.717) is 18.0 Å². The monoisotopic (exact) mass is 406 g/mol. The molecule has 0 radical (unpaired) electrons. The van der Waals surface area contributed by atoms with E-state index in [1.807, 2.05) is 18.2 Å². The summed E-state index contributed by atoms with van der Waals surface area (Å²) in [5, 5.41) is 12.8. The zero-order valence-electron chi connectivity index (χ0n) is 17.9. The van der Waals surface area contributed by atoms with Crippen molar-refractivity contribution in [1.29, 1.82) is 5.26 Å². The van der Waals surface area contributed by atoms with E-state index in [-0.39, 0.29) is 11.8 Å². The van der Waals surface area contributed by atoms with E-state index in [2.05, 4.69) is 27.3 Å². The minimum atomic E-state index is 0.267. The zero-order valence-corrected chi connectivity index (χ0v) is 17.9. The van der Waals surface area contributed by atoms with Crippen LogP contribution >= 0.6 is 0 Å². The molecule has 4 fully saturated rings. The molecule has 5 nitrogen and oxygen atoms in total. The fraction of sp³-hybridized carbons (Fsp3) is 0.680. The Morgan fingerprint density at radius 3 is 2.73 bits per heavy atom. The molecule has 0 unspecified atom stereocenters. The third-order valence-electron chi connectivity index (χ3n) is 8.19. The molecule has 1 aromatic carbocycles. The standard InChI is InChI=1S/C25H34N4O/c26-13-19-6-1-2-7-20(19)15-28-16-21-12-22(17-28)24(29-11-4-3-10-23(21)29)14-27-25(30)18-8-5-9-18/h1-2,6-7,18,21-24H,3-5,8-12,14-17H2,(H,27,30)/t21-,22+,23+,24+/m1/s1. The molecule has 30 heavy (non-hydrogen) atoms. The molecule has 1 saturated carbocycles. The normalized spacial score (nSPS) is 32.0. The highest BCUT2D eigenvalue weighted by atomic mass is 16.1. The summed E-state index contributed by atoms with van der Waals surface area (Å²) in [5.41, 5.74) is 1.95. The predicted molar refractivity (Wildman–Crippen MR) is 117 cm³/mol. The second kappa shape index (κ2) is 8.69. The molecular weight excluding hydrogens is 372 g/mol. The molecule has 160 valence electrons. The van der Waals surface area contributed by atoms with Crippen LogP contribution in [0.3, 0.4) is 0 Å². The summed E-state index contributed by atoms with van der Waals surface area (Å²) < 4.78 is 0. The Morgan fingerprint density at radius 1 is 1.10 bits per heavy atom. The Bertz CT molecular complexity index is 814. The van der Waals surface area contributed by atoms with E-state index in [0.717, 1.165) is 56.1 Å². The fourth-order valence-electron chi connectivity index (χ4n) is 6.44. The Morgan fingerprint density at radius 2 is 1.93 bits per heavy atom. The van der Waals surface area contributed by atoms with Crippen LogP contribution in [0, 0.1) is 29.1 Å². The van der Waals surface area contributed by atoms with E-state index in [9.17, 15) is 10.1 Å². The van der Waals surface area contributed by atoms with Crippen molar-refractivity contribution in [1.82, 2.24) is 15.1 Å². The van der Waals surface area contributed by atoms with Crippen LogP contribution in [0.1, 0.15) is 56.1 Å². The van der Waals surface area contributed by atoms with Gasteiger partial charge >= 0.3 is 0 Å². The Labute approximate surface area is 180 Å². The molecule has 3 heterocycles. The van der Waals surface area contributed by atoms with Gasteiger partial charge in [-0.15, -0.1) is 0 Å². The second-order valence-corrected chi connectivity index (χ2v) is 9.96. The van der Waals surface area contributed by atoms with Gasteiger partial charge in [-0.05, 0) is 62.1 Å². The number of rotatable bonds is 5. The number of amides is 1. The van der Waals surface area contributed by atoms with Crippen molar-refractivity contribution < 1.29 is 4.79 Å². The van der Waals surface area contributed by atoms with Crippen LogP contribution in [-0.2, 0) is 11.3 Å². The molecule has 5 rings (SSSR count). The average molecular weight is 407 g/mol. The van der Waals surface area contributed by atoms with Gasteiger partial charge in [0.1, 0.15) is 0 Å². The van der Waals surface area contributed by atoms with E-state index >= 15 is 0 Å². The summed E-state index contributed by atoms with van der Waals surface area (Å²) in [7, 11) is 0. The number of carbonyl (C=O) groups excluding carboxylic acids is 1. The lowest BCUT2D eigenvalue weighted by molar-refractivity contribution is -0.128. The van der Waals surface area contributed by atoms with E-state index in [4.69, 9.17) is 0 Å². The minimum Gasteiger partial charge on any atom is -0.354 e. The highest BCUT2D eigenvalue weighted by molar-refractivity contribution is 5.79. The number of likely N-dealkylation sites (tertiary alicyclic amines) is 1. The molecule has 4 aliphatic rings.